The maximum Gasteiger partial charge on any atom is 0.306 e. The SMILES string of the molecule is CCn1nc(C)c(Br)c1CC1CC(C)CCC1C(=O)O. The van der Waals surface area contributed by atoms with E-state index in [2.05, 4.69) is 34.9 Å². The minimum absolute atomic E-state index is 0.210. The molecule has 5 heteroatoms. The van der Waals surface area contributed by atoms with Gasteiger partial charge in [0.05, 0.1) is 21.8 Å². The monoisotopic (exact) mass is 342 g/mol. The van der Waals surface area contributed by atoms with E-state index in [0.717, 1.165) is 48.1 Å². The third-order valence-corrected chi connectivity index (χ3v) is 5.50. The van der Waals surface area contributed by atoms with E-state index in [1.54, 1.807) is 0 Å². The van der Waals surface area contributed by atoms with Crippen molar-refractivity contribution in [3.8, 4) is 0 Å². The first-order valence-corrected chi connectivity index (χ1v) is 8.17. The molecule has 112 valence electrons. The maximum absolute atomic E-state index is 11.5. The molecule has 0 saturated heterocycles. The van der Waals surface area contributed by atoms with Crippen LogP contribution in [0.15, 0.2) is 4.47 Å². The summed E-state index contributed by atoms with van der Waals surface area (Å²) in [7, 11) is 0. The Kier molecular flexibility index (Phi) is 4.89. The highest BCUT2D eigenvalue weighted by Gasteiger charge is 2.34. The lowest BCUT2D eigenvalue weighted by atomic mass is 9.73. The fourth-order valence-electron chi connectivity index (χ4n) is 3.36. The second kappa shape index (κ2) is 6.29. The minimum Gasteiger partial charge on any atom is -0.481 e. The lowest BCUT2D eigenvalue weighted by molar-refractivity contribution is -0.145. The van der Waals surface area contributed by atoms with Crippen LogP contribution in [-0.4, -0.2) is 20.9 Å². The van der Waals surface area contributed by atoms with Crippen LogP contribution in [0.4, 0.5) is 0 Å². The fraction of sp³-hybridized carbons (Fsp3) is 0.733. The molecule has 1 N–H and O–H groups in total. The first-order chi connectivity index (χ1) is 9.43. The summed E-state index contributed by atoms with van der Waals surface area (Å²) in [6.45, 7) is 7.10. The van der Waals surface area contributed by atoms with E-state index >= 15 is 0 Å². The lowest BCUT2D eigenvalue weighted by Crippen LogP contribution is -2.32. The van der Waals surface area contributed by atoms with Gasteiger partial charge in [-0.3, -0.25) is 9.48 Å². The summed E-state index contributed by atoms with van der Waals surface area (Å²) in [6, 6.07) is 0. The first-order valence-electron chi connectivity index (χ1n) is 7.38. The predicted octanol–water partition coefficient (Wildman–Crippen LogP) is 3.65. The number of hydrogen-bond donors (Lipinski definition) is 1. The highest BCUT2D eigenvalue weighted by molar-refractivity contribution is 9.10. The zero-order valence-corrected chi connectivity index (χ0v) is 14.0. The molecule has 3 atom stereocenters. The summed E-state index contributed by atoms with van der Waals surface area (Å²) in [6.07, 6.45) is 3.63. The largest absolute Gasteiger partial charge is 0.481 e. The number of aliphatic carboxylic acids is 1. The van der Waals surface area contributed by atoms with Gasteiger partial charge in [0.15, 0.2) is 0 Å². The second-order valence-electron chi connectivity index (χ2n) is 5.99. The number of carboxylic acids is 1. The second-order valence-corrected chi connectivity index (χ2v) is 6.78. The van der Waals surface area contributed by atoms with Crippen LogP contribution in [-0.2, 0) is 17.8 Å². The number of aryl methyl sites for hydroxylation is 2. The quantitative estimate of drug-likeness (QED) is 0.908. The molecule has 3 unspecified atom stereocenters. The van der Waals surface area contributed by atoms with Gasteiger partial charge in [0.2, 0.25) is 0 Å². The highest BCUT2D eigenvalue weighted by Crippen LogP contribution is 2.37. The molecule has 20 heavy (non-hydrogen) atoms. The number of aromatic nitrogens is 2. The molecule has 0 amide bonds. The van der Waals surface area contributed by atoms with Crippen molar-refractivity contribution in [3.05, 3.63) is 15.9 Å². The topological polar surface area (TPSA) is 55.1 Å². The van der Waals surface area contributed by atoms with Crippen LogP contribution >= 0.6 is 15.9 Å². The van der Waals surface area contributed by atoms with Crippen LogP contribution in [0.5, 0.6) is 0 Å². The Hall–Kier alpha value is -0.840. The van der Waals surface area contributed by atoms with Crippen LogP contribution in [0.25, 0.3) is 0 Å². The van der Waals surface area contributed by atoms with E-state index in [-0.39, 0.29) is 11.8 Å². The van der Waals surface area contributed by atoms with Crippen molar-refractivity contribution in [1.82, 2.24) is 9.78 Å². The average Bonchev–Trinajstić information content (AvgIpc) is 2.66. The zero-order valence-electron chi connectivity index (χ0n) is 12.4. The fourth-order valence-corrected chi connectivity index (χ4v) is 3.81. The molecule has 1 aromatic heterocycles. The number of hydrogen-bond acceptors (Lipinski definition) is 2. The molecular formula is C15H23BrN2O2. The summed E-state index contributed by atoms with van der Waals surface area (Å²) in [5.74, 6) is -0.0154. The van der Waals surface area contributed by atoms with Crippen LogP contribution in [0, 0.1) is 24.7 Å². The Bertz CT molecular complexity index is 498. The van der Waals surface area contributed by atoms with E-state index in [1.807, 2.05) is 11.6 Å². The standard InChI is InChI=1S/C15H23BrN2O2/c1-4-18-13(14(16)10(3)17-18)8-11-7-9(2)5-6-12(11)15(19)20/h9,11-12H,4-8H2,1-3H3,(H,19,20). The normalized spacial score (nSPS) is 26.7. The van der Waals surface area contributed by atoms with Gasteiger partial charge in [-0.2, -0.15) is 5.10 Å². The molecule has 0 radical (unpaired) electrons. The van der Waals surface area contributed by atoms with Crippen LogP contribution in [0.1, 0.15) is 44.5 Å². The third kappa shape index (κ3) is 3.08. The van der Waals surface area contributed by atoms with Crippen molar-refractivity contribution < 1.29 is 9.90 Å². The smallest absolute Gasteiger partial charge is 0.306 e. The van der Waals surface area contributed by atoms with Crippen molar-refractivity contribution in [2.45, 2.75) is 53.0 Å². The van der Waals surface area contributed by atoms with Crippen LogP contribution in [0.3, 0.4) is 0 Å². The molecule has 1 saturated carbocycles. The van der Waals surface area contributed by atoms with Gasteiger partial charge in [0.1, 0.15) is 0 Å². The number of halogens is 1. The average molecular weight is 343 g/mol. The molecular weight excluding hydrogens is 320 g/mol. The van der Waals surface area contributed by atoms with Crippen molar-refractivity contribution in [3.63, 3.8) is 0 Å². The number of carbonyl (C=O) groups is 1. The van der Waals surface area contributed by atoms with Crippen molar-refractivity contribution in [1.29, 1.82) is 0 Å². The van der Waals surface area contributed by atoms with E-state index in [1.165, 1.54) is 0 Å². The van der Waals surface area contributed by atoms with Gasteiger partial charge in [-0.1, -0.05) is 6.92 Å². The van der Waals surface area contributed by atoms with Crippen LogP contribution < -0.4 is 0 Å². The molecule has 1 heterocycles. The number of rotatable bonds is 4. The zero-order chi connectivity index (χ0) is 14.9. The van der Waals surface area contributed by atoms with Crippen molar-refractivity contribution in [2.75, 3.05) is 0 Å². The number of nitrogens with zero attached hydrogens (tertiary/aromatic N) is 2. The van der Waals surface area contributed by atoms with Crippen molar-refractivity contribution in [2.24, 2.45) is 17.8 Å². The summed E-state index contributed by atoms with van der Waals surface area (Å²) >= 11 is 3.61. The van der Waals surface area contributed by atoms with E-state index in [9.17, 15) is 9.90 Å². The molecule has 2 rings (SSSR count). The van der Waals surface area contributed by atoms with Crippen LogP contribution in [0.2, 0.25) is 0 Å². The molecule has 4 nitrogen and oxygen atoms in total. The van der Waals surface area contributed by atoms with Gasteiger partial charge in [0, 0.05) is 6.54 Å². The Morgan fingerprint density at radius 3 is 2.80 bits per heavy atom. The lowest BCUT2D eigenvalue weighted by Gasteiger charge is -2.32. The molecule has 0 aromatic carbocycles. The molecule has 0 aliphatic heterocycles. The Morgan fingerprint density at radius 2 is 2.20 bits per heavy atom. The predicted molar refractivity (Wildman–Crippen MR) is 81.7 cm³/mol. The summed E-state index contributed by atoms with van der Waals surface area (Å²) < 4.78 is 3.04. The third-order valence-electron chi connectivity index (χ3n) is 4.47. The molecule has 0 spiro atoms. The molecule has 1 aliphatic rings. The van der Waals surface area contributed by atoms with E-state index < -0.39 is 5.97 Å². The maximum atomic E-state index is 11.5. The summed E-state index contributed by atoms with van der Waals surface area (Å²) in [4.78, 5) is 11.5. The van der Waals surface area contributed by atoms with E-state index in [0.29, 0.717) is 5.92 Å². The van der Waals surface area contributed by atoms with E-state index in [4.69, 9.17) is 0 Å². The van der Waals surface area contributed by atoms with Gasteiger partial charge < -0.3 is 5.11 Å². The molecule has 1 aromatic rings. The summed E-state index contributed by atoms with van der Waals surface area (Å²) in [5.41, 5.74) is 2.13. The summed E-state index contributed by atoms with van der Waals surface area (Å²) in [5, 5.41) is 13.9. The first kappa shape index (κ1) is 15.5. The van der Waals surface area contributed by atoms with Gasteiger partial charge in [0.25, 0.3) is 0 Å². The molecule has 1 aliphatic carbocycles. The Morgan fingerprint density at radius 1 is 1.50 bits per heavy atom. The molecule has 0 bridgehead atoms. The highest BCUT2D eigenvalue weighted by atomic mass is 79.9. The van der Waals surface area contributed by atoms with Gasteiger partial charge >= 0.3 is 5.97 Å². The number of carboxylic acid groups (broad SMARTS) is 1. The minimum atomic E-state index is -0.641. The van der Waals surface area contributed by atoms with Gasteiger partial charge in [-0.25, -0.2) is 0 Å². The van der Waals surface area contributed by atoms with Gasteiger partial charge in [-0.05, 0) is 67.3 Å². The Labute approximate surface area is 128 Å². The van der Waals surface area contributed by atoms with Crippen molar-refractivity contribution >= 4 is 21.9 Å². The Balaban J connectivity index is 2.24. The molecule has 1 fully saturated rings. The van der Waals surface area contributed by atoms with Gasteiger partial charge in [-0.15, -0.1) is 0 Å².